The van der Waals surface area contributed by atoms with Crippen molar-refractivity contribution in [3.8, 4) is 0 Å². The molecule has 1 unspecified atom stereocenters. The van der Waals surface area contributed by atoms with E-state index < -0.39 is 4.92 Å². The van der Waals surface area contributed by atoms with Crippen LogP contribution in [0, 0.1) is 16.0 Å². The number of hydrogen-bond acceptors (Lipinski definition) is 4. The fourth-order valence-electron chi connectivity index (χ4n) is 1.91. The summed E-state index contributed by atoms with van der Waals surface area (Å²) >= 11 is 0. The zero-order valence-electron chi connectivity index (χ0n) is 13.8. The first-order chi connectivity index (χ1) is 10.9. The van der Waals surface area contributed by atoms with Crippen molar-refractivity contribution < 1.29 is 9.72 Å². The summed E-state index contributed by atoms with van der Waals surface area (Å²) in [4.78, 5) is 21.9. The van der Waals surface area contributed by atoms with Crippen LogP contribution in [0.2, 0.25) is 0 Å². The molecule has 0 spiro atoms. The van der Waals surface area contributed by atoms with Gasteiger partial charge < -0.3 is 0 Å². The molecule has 6 heteroatoms. The Labute approximate surface area is 136 Å². The summed E-state index contributed by atoms with van der Waals surface area (Å²) in [7, 11) is 0. The zero-order chi connectivity index (χ0) is 17.2. The predicted molar refractivity (Wildman–Crippen MR) is 91.5 cm³/mol. The quantitative estimate of drug-likeness (QED) is 0.339. The van der Waals surface area contributed by atoms with E-state index in [4.69, 9.17) is 0 Å². The standard InChI is InChI=1S/C17H23N3O3/c1-13(2)5-4-6-14(3)11-12-18-19-17(21)15-7-9-16(10-8-15)20(22)23/h5,7-10,12,14H,4,6,11H2,1-3H3,(H,19,21)/b18-12+. The largest absolute Gasteiger partial charge is 0.271 e. The number of allylic oxidation sites excluding steroid dienone is 2. The summed E-state index contributed by atoms with van der Waals surface area (Å²) < 4.78 is 0. The first-order valence-electron chi connectivity index (χ1n) is 7.60. The normalized spacial score (nSPS) is 12.0. The van der Waals surface area contributed by atoms with Crippen LogP contribution in [0.3, 0.4) is 0 Å². The van der Waals surface area contributed by atoms with Crippen LogP contribution in [0.5, 0.6) is 0 Å². The summed E-state index contributed by atoms with van der Waals surface area (Å²) in [6.07, 6.45) is 6.82. The van der Waals surface area contributed by atoms with E-state index in [-0.39, 0.29) is 11.6 Å². The molecule has 6 nitrogen and oxygen atoms in total. The van der Waals surface area contributed by atoms with E-state index in [2.05, 4.69) is 37.4 Å². The van der Waals surface area contributed by atoms with Gasteiger partial charge in [0.2, 0.25) is 0 Å². The van der Waals surface area contributed by atoms with Gasteiger partial charge in [0.15, 0.2) is 0 Å². The van der Waals surface area contributed by atoms with Gasteiger partial charge in [0, 0.05) is 23.9 Å². The van der Waals surface area contributed by atoms with Crippen molar-refractivity contribution in [3.05, 3.63) is 51.6 Å². The highest BCUT2D eigenvalue weighted by atomic mass is 16.6. The maximum Gasteiger partial charge on any atom is 0.271 e. The SMILES string of the molecule is CC(C)=CCCC(C)C/C=N/NC(=O)c1ccc([N+](=O)[O-])cc1. The lowest BCUT2D eigenvalue weighted by Gasteiger charge is -2.06. The van der Waals surface area contributed by atoms with Gasteiger partial charge >= 0.3 is 0 Å². The van der Waals surface area contributed by atoms with Gasteiger partial charge in [0.1, 0.15) is 0 Å². The van der Waals surface area contributed by atoms with Crippen LogP contribution in [0.25, 0.3) is 0 Å². The van der Waals surface area contributed by atoms with Crippen molar-refractivity contribution in [2.24, 2.45) is 11.0 Å². The number of carbonyl (C=O) groups excluding carboxylic acids is 1. The van der Waals surface area contributed by atoms with E-state index in [0.29, 0.717) is 11.5 Å². The molecule has 0 bridgehead atoms. The number of nitrogens with zero attached hydrogens (tertiary/aromatic N) is 2. The molecule has 0 radical (unpaired) electrons. The van der Waals surface area contributed by atoms with E-state index in [1.165, 1.54) is 29.8 Å². The van der Waals surface area contributed by atoms with Crippen LogP contribution >= 0.6 is 0 Å². The van der Waals surface area contributed by atoms with Crippen LogP contribution < -0.4 is 5.43 Å². The van der Waals surface area contributed by atoms with Gasteiger partial charge in [-0.15, -0.1) is 0 Å². The number of nitro groups is 1. The molecule has 23 heavy (non-hydrogen) atoms. The van der Waals surface area contributed by atoms with Gasteiger partial charge in [-0.25, -0.2) is 5.43 Å². The number of non-ortho nitro benzene ring substituents is 1. The number of carbonyl (C=O) groups is 1. The summed E-state index contributed by atoms with van der Waals surface area (Å²) in [5, 5.41) is 14.5. The molecule has 1 rings (SSSR count). The molecule has 0 fully saturated rings. The minimum absolute atomic E-state index is 0.0461. The van der Waals surface area contributed by atoms with Gasteiger partial charge in [-0.1, -0.05) is 18.6 Å². The molecule has 1 amide bonds. The Morgan fingerprint density at radius 3 is 2.57 bits per heavy atom. The third kappa shape index (κ3) is 7.35. The van der Waals surface area contributed by atoms with Gasteiger partial charge in [-0.2, -0.15) is 5.10 Å². The lowest BCUT2D eigenvalue weighted by Crippen LogP contribution is -2.17. The number of hydrazone groups is 1. The maximum absolute atomic E-state index is 11.8. The van der Waals surface area contributed by atoms with E-state index in [0.717, 1.165) is 19.3 Å². The van der Waals surface area contributed by atoms with Crippen molar-refractivity contribution in [2.45, 2.75) is 40.0 Å². The highest BCUT2D eigenvalue weighted by Crippen LogP contribution is 2.12. The van der Waals surface area contributed by atoms with Crippen LogP contribution in [0.1, 0.15) is 50.4 Å². The van der Waals surface area contributed by atoms with Crippen molar-refractivity contribution in [2.75, 3.05) is 0 Å². The van der Waals surface area contributed by atoms with E-state index in [1.54, 1.807) is 6.21 Å². The molecule has 1 aromatic rings. The number of benzene rings is 1. The number of nitro benzene ring substituents is 1. The van der Waals surface area contributed by atoms with Crippen molar-refractivity contribution in [1.82, 2.24) is 5.43 Å². The summed E-state index contributed by atoms with van der Waals surface area (Å²) in [5.41, 5.74) is 4.04. The smallest absolute Gasteiger partial charge is 0.267 e. The minimum atomic E-state index is -0.504. The molecule has 1 aromatic carbocycles. The fraction of sp³-hybridized carbons (Fsp3) is 0.412. The third-order valence-electron chi connectivity index (χ3n) is 3.32. The first-order valence-corrected chi connectivity index (χ1v) is 7.60. The Hall–Kier alpha value is -2.50. The third-order valence-corrected chi connectivity index (χ3v) is 3.32. The molecule has 1 atom stereocenters. The Morgan fingerprint density at radius 2 is 2.00 bits per heavy atom. The minimum Gasteiger partial charge on any atom is -0.267 e. The van der Waals surface area contributed by atoms with Gasteiger partial charge in [-0.3, -0.25) is 14.9 Å². The molecular formula is C17H23N3O3. The maximum atomic E-state index is 11.8. The zero-order valence-corrected chi connectivity index (χ0v) is 13.8. The molecule has 1 N–H and O–H groups in total. The highest BCUT2D eigenvalue weighted by molar-refractivity contribution is 5.94. The second kappa shape index (κ2) is 9.50. The van der Waals surface area contributed by atoms with Gasteiger partial charge in [0.25, 0.3) is 11.6 Å². The number of amides is 1. The molecule has 0 aromatic heterocycles. The van der Waals surface area contributed by atoms with Crippen LogP contribution in [-0.2, 0) is 0 Å². The monoisotopic (exact) mass is 317 g/mol. The molecular weight excluding hydrogens is 294 g/mol. The molecule has 0 aliphatic rings. The van der Waals surface area contributed by atoms with Crippen LogP contribution in [0.15, 0.2) is 41.0 Å². The number of rotatable bonds is 8. The van der Waals surface area contributed by atoms with Crippen molar-refractivity contribution in [1.29, 1.82) is 0 Å². The second-order valence-corrected chi connectivity index (χ2v) is 5.76. The Bertz CT molecular complexity index is 588. The predicted octanol–water partition coefficient (Wildman–Crippen LogP) is 4.08. The lowest BCUT2D eigenvalue weighted by atomic mass is 10.0. The first kappa shape index (κ1) is 18.5. The summed E-state index contributed by atoms with van der Waals surface area (Å²) in [5.74, 6) is 0.110. The molecule has 0 saturated heterocycles. The van der Waals surface area contributed by atoms with Crippen molar-refractivity contribution >= 4 is 17.8 Å². The topological polar surface area (TPSA) is 84.6 Å². The van der Waals surface area contributed by atoms with E-state index in [9.17, 15) is 14.9 Å². The number of hydrogen-bond donors (Lipinski definition) is 1. The average Bonchev–Trinajstić information content (AvgIpc) is 2.51. The average molecular weight is 317 g/mol. The molecule has 0 aliphatic carbocycles. The van der Waals surface area contributed by atoms with Crippen LogP contribution in [0.4, 0.5) is 5.69 Å². The Morgan fingerprint density at radius 1 is 1.35 bits per heavy atom. The Kier molecular flexibility index (Phi) is 7.66. The highest BCUT2D eigenvalue weighted by Gasteiger charge is 2.08. The summed E-state index contributed by atoms with van der Waals surface area (Å²) in [6.45, 7) is 6.31. The number of nitrogens with one attached hydrogen (secondary N) is 1. The second-order valence-electron chi connectivity index (χ2n) is 5.76. The molecule has 0 saturated carbocycles. The van der Waals surface area contributed by atoms with Gasteiger partial charge in [0.05, 0.1) is 4.92 Å². The van der Waals surface area contributed by atoms with Crippen LogP contribution in [-0.4, -0.2) is 17.0 Å². The van der Waals surface area contributed by atoms with E-state index >= 15 is 0 Å². The van der Waals surface area contributed by atoms with Crippen molar-refractivity contribution in [3.63, 3.8) is 0 Å². The van der Waals surface area contributed by atoms with E-state index in [1.807, 2.05) is 0 Å². The molecule has 124 valence electrons. The fourth-order valence-corrected chi connectivity index (χ4v) is 1.91. The molecule has 0 heterocycles. The van der Waals surface area contributed by atoms with Gasteiger partial charge in [-0.05, 0) is 51.2 Å². The Balaban J connectivity index is 2.37. The lowest BCUT2D eigenvalue weighted by molar-refractivity contribution is -0.384. The summed E-state index contributed by atoms with van der Waals surface area (Å²) in [6, 6.07) is 5.41. The molecule has 0 aliphatic heterocycles.